The highest BCUT2D eigenvalue weighted by molar-refractivity contribution is 6.06. The van der Waals surface area contributed by atoms with Crippen molar-refractivity contribution >= 4 is 27.8 Å². The van der Waals surface area contributed by atoms with Crippen LogP contribution in [-0.4, -0.2) is 73.9 Å². The molecule has 2 heterocycles. The van der Waals surface area contributed by atoms with E-state index in [9.17, 15) is 0 Å². The molecule has 0 radical (unpaired) electrons. The lowest BCUT2D eigenvalue weighted by Crippen LogP contribution is -2.27. The zero-order valence-electron chi connectivity index (χ0n) is 22.1. The van der Waals surface area contributed by atoms with Gasteiger partial charge in [-0.15, -0.1) is 0 Å². The molecule has 0 saturated heterocycles. The van der Waals surface area contributed by atoms with Crippen LogP contribution in [0.2, 0.25) is 0 Å². The summed E-state index contributed by atoms with van der Waals surface area (Å²) >= 11 is 0. The van der Waals surface area contributed by atoms with E-state index in [2.05, 4.69) is 36.4 Å². The number of rotatable bonds is 18. The number of nitrogen functional groups attached to an aromatic ring is 1. The Morgan fingerprint density at radius 3 is 2.19 bits per heavy atom. The maximum absolute atomic E-state index is 6.34. The van der Waals surface area contributed by atoms with E-state index in [0.29, 0.717) is 65.2 Å². The summed E-state index contributed by atoms with van der Waals surface area (Å²) in [5.41, 5.74) is 14.3. The van der Waals surface area contributed by atoms with Crippen LogP contribution in [0.1, 0.15) is 39.4 Å². The molecule has 0 unspecified atom stereocenters. The Morgan fingerprint density at radius 2 is 1.53 bits per heavy atom. The second kappa shape index (κ2) is 14.4. The van der Waals surface area contributed by atoms with E-state index in [4.69, 9.17) is 35.4 Å². The average Bonchev–Trinajstić information content (AvgIpc) is 3.21. The Bertz CT molecular complexity index is 1070. The molecule has 0 aliphatic rings. The standard InChI is InChI=1S/C27H43N5O4/c1-4-5-10-23-31-24-25(21-8-6-7-9-22(21)30-26(24)29)32(23)19-27(2,3)20-36-18-17-35-16-15-34-14-13-33-12-11-28/h6-9H,4-5,10-20,28H2,1-3H3,(H2,29,30). The highest BCUT2D eigenvalue weighted by atomic mass is 16.6. The quantitative estimate of drug-likeness (QED) is 0.254. The second-order valence-corrected chi connectivity index (χ2v) is 9.77. The largest absolute Gasteiger partial charge is 0.382 e. The number of fused-ring (bicyclic) bond motifs is 3. The maximum Gasteiger partial charge on any atom is 0.152 e. The maximum atomic E-state index is 6.34. The summed E-state index contributed by atoms with van der Waals surface area (Å²) < 4.78 is 24.7. The first-order valence-electron chi connectivity index (χ1n) is 13.0. The van der Waals surface area contributed by atoms with Crippen molar-refractivity contribution in [1.82, 2.24) is 14.5 Å². The number of imidazole rings is 1. The molecule has 0 atom stereocenters. The van der Waals surface area contributed by atoms with Gasteiger partial charge in [0.15, 0.2) is 5.82 Å². The van der Waals surface area contributed by atoms with Crippen LogP contribution < -0.4 is 11.5 Å². The molecule has 0 aliphatic heterocycles. The van der Waals surface area contributed by atoms with Crippen LogP contribution in [0.3, 0.4) is 0 Å². The Balaban J connectivity index is 1.55. The lowest BCUT2D eigenvalue weighted by molar-refractivity contribution is -0.0142. The van der Waals surface area contributed by atoms with Crippen LogP contribution in [-0.2, 0) is 31.9 Å². The van der Waals surface area contributed by atoms with Crippen molar-refractivity contribution in [3.63, 3.8) is 0 Å². The predicted octanol–water partition coefficient (Wildman–Crippen LogP) is 3.56. The van der Waals surface area contributed by atoms with Gasteiger partial charge in [-0.05, 0) is 12.5 Å². The monoisotopic (exact) mass is 501 g/mol. The van der Waals surface area contributed by atoms with Crippen LogP contribution in [0, 0.1) is 5.41 Å². The number of nitrogens with two attached hydrogens (primary N) is 2. The number of aryl methyl sites for hydroxylation is 1. The van der Waals surface area contributed by atoms with Gasteiger partial charge in [0.25, 0.3) is 0 Å². The highest BCUT2D eigenvalue weighted by Crippen LogP contribution is 2.32. The Hall–Kier alpha value is -2.30. The van der Waals surface area contributed by atoms with Crippen molar-refractivity contribution in [2.45, 2.75) is 46.6 Å². The van der Waals surface area contributed by atoms with Crippen molar-refractivity contribution in [3.05, 3.63) is 30.1 Å². The Labute approximate surface area is 214 Å². The highest BCUT2D eigenvalue weighted by Gasteiger charge is 2.24. The van der Waals surface area contributed by atoms with Crippen LogP contribution in [0.4, 0.5) is 5.82 Å². The summed E-state index contributed by atoms with van der Waals surface area (Å²) in [5.74, 6) is 1.54. The van der Waals surface area contributed by atoms with Gasteiger partial charge in [0.2, 0.25) is 0 Å². The summed E-state index contributed by atoms with van der Waals surface area (Å²) in [5, 5.41) is 1.08. The van der Waals surface area contributed by atoms with E-state index < -0.39 is 0 Å². The number of pyridine rings is 1. The van der Waals surface area contributed by atoms with Gasteiger partial charge >= 0.3 is 0 Å². The molecule has 36 heavy (non-hydrogen) atoms. The molecular formula is C27H43N5O4. The van der Waals surface area contributed by atoms with Crippen molar-refractivity contribution in [3.8, 4) is 0 Å². The second-order valence-electron chi connectivity index (χ2n) is 9.77. The normalized spacial score (nSPS) is 12.2. The number of ether oxygens (including phenoxy) is 4. The van der Waals surface area contributed by atoms with Crippen molar-refractivity contribution < 1.29 is 18.9 Å². The minimum absolute atomic E-state index is 0.111. The van der Waals surface area contributed by atoms with E-state index >= 15 is 0 Å². The summed E-state index contributed by atoms with van der Waals surface area (Å²) in [6.07, 6.45) is 3.09. The van der Waals surface area contributed by atoms with Gasteiger partial charge in [-0.2, -0.15) is 0 Å². The molecule has 4 N–H and O–H groups in total. The summed E-state index contributed by atoms with van der Waals surface area (Å²) in [7, 11) is 0. The van der Waals surface area contributed by atoms with E-state index in [0.717, 1.165) is 53.6 Å². The third kappa shape index (κ3) is 8.11. The SMILES string of the molecule is CCCCc1nc2c(N)nc3ccccc3c2n1CC(C)(C)COCCOCCOCCOCCN. The number of para-hydroxylation sites is 1. The smallest absolute Gasteiger partial charge is 0.152 e. The number of aromatic nitrogens is 3. The van der Waals surface area contributed by atoms with Crippen molar-refractivity contribution in [2.75, 3.05) is 65.1 Å². The lowest BCUT2D eigenvalue weighted by atomic mass is 9.94. The third-order valence-electron chi connectivity index (χ3n) is 5.90. The number of nitrogens with zero attached hydrogens (tertiary/aromatic N) is 3. The number of hydrogen-bond donors (Lipinski definition) is 2. The van der Waals surface area contributed by atoms with Crippen LogP contribution in [0.5, 0.6) is 0 Å². The predicted molar refractivity (Wildman–Crippen MR) is 144 cm³/mol. The van der Waals surface area contributed by atoms with Crippen LogP contribution in [0.25, 0.3) is 21.9 Å². The first-order valence-corrected chi connectivity index (χ1v) is 13.0. The topological polar surface area (TPSA) is 120 Å². The van der Waals surface area contributed by atoms with E-state index in [1.165, 1.54) is 0 Å². The van der Waals surface area contributed by atoms with Crippen molar-refractivity contribution in [2.24, 2.45) is 11.1 Å². The molecule has 0 bridgehead atoms. The molecular weight excluding hydrogens is 458 g/mol. The van der Waals surface area contributed by atoms with Gasteiger partial charge in [0.1, 0.15) is 11.3 Å². The summed E-state index contributed by atoms with van der Waals surface area (Å²) in [6, 6.07) is 8.13. The zero-order chi connectivity index (χ0) is 25.8. The fourth-order valence-corrected chi connectivity index (χ4v) is 4.17. The number of hydrogen-bond acceptors (Lipinski definition) is 8. The summed E-state index contributed by atoms with van der Waals surface area (Å²) in [4.78, 5) is 9.53. The van der Waals surface area contributed by atoms with Crippen molar-refractivity contribution in [1.29, 1.82) is 0 Å². The third-order valence-corrected chi connectivity index (χ3v) is 5.90. The molecule has 0 aliphatic carbocycles. The molecule has 9 heteroatoms. The van der Waals surface area contributed by atoms with Gasteiger partial charge in [-0.1, -0.05) is 45.4 Å². The molecule has 0 amide bonds. The van der Waals surface area contributed by atoms with Gasteiger partial charge in [-0.3, -0.25) is 0 Å². The fourth-order valence-electron chi connectivity index (χ4n) is 4.17. The lowest BCUT2D eigenvalue weighted by Gasteiger charge is -2.26. The molecule has 200 valence electrons. The Kier molecular flexibility index (Phi) is 11.3. The van der Waals surface area contributed by atoms with Crippen LogP contribution in [0.15, 0.2) is 24.3 Å². The molecule has 9 nitrogen and oxygen atoms in total. The molecule has 2 aromatic heterocycles. The van der Waals surface area contributed by atoms with Gasteiger partial charge in [0, 0.05) is 30.3 Å². The van der Waals surface area contributed by atoms with Gasteiger partial charge < -0.3 is 35.0 Å². The molecule has 3 rings (SSSR count). The first kappa shape index (κ1) is 28.3. The van der Waals surface area contributed by atoms with Gasteiger partial charge in [0.05, 0.1) is 63.9 Å². The minimum Gasteiger partial charge on any atom is -0.382 e. The number of unbranched alkanes of at least 4 members (excludes halogenated alkanes) is 1. The molecule has 0 spiro atoms. The Morgan fingerprint density at radius 1 is 0.889 bits per heavy atom. The molecule has 0 fully saturated rings. The van der Waals surface area contributed by atoms with E-state index in [1.54, 1.807) is 0 Å². The fraction of sp³-hybridized carbons (Fsp3) is 0.630. The molecule has 0 saturated carbocycles. The average molecular weight is 502 g/mol. The van der Waals surface area contributed by atoms with E-state index in [-0.39, 0.29) is 5.41 Å². The molecule has 1 aromatic carbocycles. The minimum atomic E-state index is -0.111. The number of benzene rings is 1. The first-order chi connectivity index (χ1) is 17.5. The molecule has 3 aromatic rings. The zero-order valence-corrected chi connectivity index (χ0v) is 22.1. The summed E-state index contributed by atoms with van der Waals surface area (Å²) in [6.45, 7) is 12.4. The van der Waals surface area contributed by atoms with E-state index in [1.807, 2.05) is 18.2 Å². The number of anilines is 1. The van der Waals surface area contributed by atoms with Crippen LogP contribution >= 0.6 is 0 Å². The van der Waals surface area contributed by atoms with Gasteiger partial charge in [-0.25, -0.2) is 9.97 Å².